The van der Waals surface area contributed by atoms with Gasteiger partial charge in [-0.2, -0.15) is 0 Å². The number of carbonyl (C=O) groups excluding carboxylic acids is 1. The molecular formula is C19H23N3O3S2. The van der Waals surface area contributed by atoms with Gasteiger partial charge in [-0.3, -0.25) is 9.69 Å². The van der Waals surface area contributed by atoms with Crippen molar-refractivity contribution in [2.24, 2.45) is 0 Å². The first kappa shape index (κ1) is 19.7. The molecule has 0 spiro atoms. The van der Waals surface area contributed by atoms with E-state index in [9.17, 15) is 9.59 Å². The minimum Gasteiger partial charge on any atom is -0.465 e. The predicted octanol–water partition coefficient (Wildman–Crippen LogP) is 3.86. The van der Waals surface area contributed by atoms with Crippen molar-refractivity contribution in [2.75, 3.05) is 7.11 Å². The molecule has 1 N–H and O–H groups in total. The Morgan fingerprint density at radius 1 is 1.26 bits per heavy atom. The number of fused-ring (bicyclic) bond motifs is 1. The zero-order valence-corrected chi connectivity index (χ0v) is 17.7. The molecule has 0 aliphatic carbocycles. The van der Waals surface area contributed by atoms with Crippen LogP contribution in [-0.4, -0.2) is 34.0 Å². The zero-order chi connectivity index (χ0) is 19.7. The second-order valence-corrected chi connectivity index (χ2v) is 9.12. The molecular weight excluding hydrogens is 382 g/mol. The highest BCUT2D eigenvalue weighted by molar-refractivity contribution is 7.20. The fourth-order valence-electron chi connectivity index (χ4n) is 2.93. The lowest BCUT2D eigenvalue weighted by atomic mass is 10.2. The van der Waals surface area contributed by atoms with Crippen molar-refractivity contribution < 1.29 is 9.53 Å². The minimum absolute atomic E-state index is 0.213. The summed E-state index contributed by atoms with van der Waals surface area (Å²) in [5.74, 6) is 0.167. The minimum atomic E-state index is -0.437. The Morgan fingerprint density at radius 2 is 2.00 bits per heavy atom. The molecule has 3 rings (SSSR count). The Morgan fingerprint density at radius 3 is 2.59 bits per heavy atom. The fraction of sp³-hybridized carbons (Fsp3) is 0.421. The van der Waals surface area contributed by atoms with Crippen molar-refractivity contribution in [2.45, 2.75) is 46.8 Å². The molecule has 8 heteroatoms. The van der Waals surface area contributed by atoms with Crippen LogP contribution in [0.4, 0.5) is 0 Å². The number of aromatic amines is 1. The van der Waals surface area contributed by atoms with Crippen LogP contribution in [0.25, 0.3) is 10.2 Å². The summed E-state index contributed by atoms with van der Waals surface area (Å²) in [5.41, 5.74) is 0.409. The second-order valence-electron chi connectivity index (χ2n) is 6.75. The largest absolute Gasteiger partial charge is 0.465 e. The number of carbonyl (C=O) groups is 1. The van der Waals surface area contributed by atoms with E-state index in [1.807, 2.05) is 0 Å². The maximum absolute atomic E-state index is 12.6. The average Bonchev–Trinajstić information content (AvgIpc) is 3.17. The summed E-state index contributed by atoms with van der Waals surface area (Å²) >= 11 is 2.98. The van der Waals surface area contributed by atoms with E-state index >= 15 is 0 Å². The van der Waals surface area contributed by atoms with Crippen LogP contribution in [0.5, 0.6) is 0 Å². The molecule has 0 saturated carbocycles. The van der Waals surface area contributed by atoms with Crippen LogP contribution in [-0.2, 0) is 17.8 Å². The lowest BCUT2D eigenvalue weighted by Gasteiger charge is -2.25. The van der Waals surface area contributed by atoms with Crippen LogP contribution in [0.1, 0.15) is 44.7 Å². The Hall–Kier alpha value is -2.03. The van der Waals surface area contributed by atoms with E-state index in [0.29, 0.717) is 39.1 Å². The number of H-pyrrole nitrogens is 1. The maximum atomic E-state index is 12.6. The van der Waals surface area contributed by atoms with Gasteiger partial charge in [0, 0.05) is 22.3 Å². The smallest absolute Gasteiger partial charge is 0.348 e. The van der Waals surface area contributed by atoms with E-state index < -0.39 is 5.97 Å². The fourth-order valence-corrected chi connectivity index (χ4v) is 4.97. The molecule has 0 radical (unpaired) electrons. The molecule has 0 bridgehead atoms. The first-order valence-electron chi connectivity index (χ1n) is 8.70. The van der Waals surface area contributed by atoms with Gasteiger partial charge in [0.15, 0.2) is 0 Å². The molecule has 0 atom stereocenters. The van der Waals surface area contributed by atoms with Gasteiger partial charge in [0.25, 0.3) is 5.56 Å². The van der Waals surface area contributed by atoms with Crippen molar-refractivity contribution in [3.8, 4) is 0 Å². The molecule has 0 amide bonds. The summed E-state index contributed by atoms with van der Waals surface area (Å²) in [6, 6.07) is 4.55. The van der Waals surface area contributed by atoms with Crippen molar-refractivity contribution in [1.82, 2.24) is 14.9 Å². The molecule has 3 aromatic rings. The van der Waals surface area contributed by atoms with Gasteiger partial charge in [-0.1, -0.05) is 0 Å². The third-order valence-electron chi connectivity index (χ3n) is 4.46. The van der Waals surface area contributed by atoms with Crippen LogP contribution in [0.3, 0.4) is 0 Å². The standard InChI is InChI=1S/C19H23N3O3S2/c1-10(2)22(8-13-7-6-11(3)26-13)9-14-20-17(23)15-12(4)16(19(24)25-5)27-18(15)21-14/h6-7,10H,8-9H2,1-5H3,(H,20,21,23). The molecule has 6 nitrogen and oxygen atoms in total. The highest BCUT2D eigenvalue weighted by Crippen LogP contribution is 2.28. The molecule has 0 aromatic carbocycles. The number of hydrogen-bond acceptors (Lipinski definition) is 7. The van der Waals surface area contributed by atoms with Crippen LogP contribution >= 0.6 is 22.7 Å². The average molecular weight is 406 g/mol. The summed E-state index contributed by atoms with van der Waals surface area (Å²) in [5, 5.41) is 0.467. The number of nitrogens with one attached hydrogen (secondary N) is 1. The SMILES string of the molecule is COC(=O)c1sc2nc(CN(Cc3ccc(C)s3)C(C)C)[nH]c(=O)c2c1C. The van der Waals surface area contributed by atoms with E-state index in [4.69, 9.17) is 4.74 Å². The Kier molecular flexibility index (Phi) is 5.78. The lowest BCUT2D eigenvalue weighted by Crippen LogP contribution is -2.31. The summed E-state index contributed by atoms with van der Waals surface area (Å²) < 4.78 is 4.81. The van der Waals surface area contributed by atoms with Gasteiger partial charge in [0.05, 0.1) is 19.0 Å². The van der Waals surface area contributed by atoms with E-state index in [0.717, 1.165) is 6.54 Å². The Bertz CT molecular complexity index is 1030. The molecule has 3 aromatic heterocycles. The number of aromatic nitrogens is 2. The van der Waals surface area contributed by atoms with Crippen molar-refractivity contribution in [1.29, 1.82) is 0 Å². The summed E-state index contributed by atoms with van der Waals surface area (Å²) in [4.78, 5) is 37.8. The van der Waals surface area contributed by atoms with Crippen LogP contribution in [0, 0.1) is 13.8 Å². The second kappa shape index (κ2) is 7.92. The molecule has 144 valence electrons. The van der Waals surface area contributed by atoms with Gasteiger partial charge in [-0.15, -0.1) is 22.7 Å². The summed E-state index contributed by atoms with van der Waals surface area (Å²) in [6.45, 7) is 9.43. The topological polar surface area (TPSA) is 75.3 Å². The molecule has 0 unspecified atom stereocenters. The van der Waals surface area contributed by atoms with E-state index in [1.54, 1.807) is 18.3 Å². The molecule has 0 aliphatic rings. The van der Waals surface area contributed by atoms with Crippen molar-refractivity contribution in [3.05, 3.63) is 48.5 Å². The van der Waals surface area contributed by atoms with Gasteiger partial charge < -0.3 is 9.72 Å². The number of aryl methyl sites for hydroxylation is 2. The van der Waals surface area contributed by atoms with Crippen LogP contribution in [0.15, 0.2) is 16.9 Å². The van der Waals surface area contributed by atoms with Crippen molar-refractivity contribution >= 4 is 38.9 Å². The Balaban J connectivity index is 1.93. The monoisotopic (exact) mass is 405 g/mol. The zero-order valence-electron chi connectivity index (χ0n) is 16.1. The number of hydrogen-bond donors (Lipinski definition) is 1. The summed E-state index contributed by atoms with van der Waals surface area (Å²) in [6.07, 6.45) is 0. The highest BCUT2D eigenvalue weighted by atomic mass is 32.1. The van der Waals surface area contributed by atoms with E-state index in [2.05, 4.69) is 47.8 Å². The first-order chi connectivity index (χ1) is 12.8. The van der Waals surface area contributed by atoms with Crippen molar-refractivity contribution in [3.63, 3.8) is 0 Å². The normalized spacial score (nSPS) is 11.7. The van der Waals surface area contributed by atoms with Gasteiger partial charge in [-0.25, -0.2) is 9.78 Å². The molecule has 0 fully saturated rings. The number of rotatable bonds is 6. The number of ether oxygens (including phenoxy) is 1. The van der Waals surface area contributed by atoms with Crippen LogP contribution < -0.4 is 5.56 Å². The number of methoxy groups -OCH3 is 1. The van der Waals surface area contributed by atoms with E-state index in [1.165, 1.54) is 28.2 Å². The third-order valence-corrected chi connectivity index (χ3v) is 6.61. The van der Waals surface area contributed by atoms with Gasteiger partial charge in [0.2, 0.25) is 0 Å². The molecule has 0 saturated heterocycles. The molecule has 0 aliphatic heterocycles. The summed E-state index contributed by atoms with van der Waals surface area (Å²) in [7, 11) is 1.34. The lowest BCUT2D eigenvalue weighted by molar-refractivity contribution is 0.0605. The van der Waals surface area contributed by atoms with Crippen LogP contribution in [0.2, 0.25) is 0 Å². The maximum Gasteiger partial charge on any atom is 0.348 e. The van der Waals surface area contributed by atoms with E-state index in [-0.39, 0.29) is 5.56 Å². The first-order valence-corrected chi connectivity index (χ1v) is 10.3. The third kappa shape index (κ3) is 4.12. The molecule has 3 heterocycles. The number of esters is 1. The predicted molar refractivity (Wildman–Crippen MR) is 110 cm³/mol. The number of nitrogens with zero attached hydrogens (tertiary/aromatic N) is 2. The van der Waals surface area contributed by atoms with Gasteiger partial charge in [0.1, 0.15) is 15.5 Å². The van der Waals surface area contributed by atoms with Gasteiger partial charge in [-0.05, 0) is 45.4 Å². The Labute approximate surface area is 165 Å². The highest BCUT2D eigenvalue weighted by Gasteiger charge is 2.21. The quantitative estimate of drug-likeness (QED) is 0.630. The molecule has 27 heavy (non-hydrogen) atoms. The van der Waals surface area contributed by atoms with Gasteiger partial charge >= 0.3 is 5.97 Å². The number of thiophene rings is 2.